The molecule has 0 saturated carbocycles. The quantitative estimate of drug-likeness (QED) is 0.135. The van der Waals surface area contributed by atoms with Crippen LogP contribution in [0.2, 0.25) is 0 Å². The van der Waals surface area contributed by atoms with Crippen LogP contribution >= 0.6 is 0 Å². The largest absolute Gasteiger partial charge is 0.497 e. The minimum atomic E-state index is -0.824. The van der Waals surface area contributed by atoms with Gasteiger partial charge < -0.3 is 14.2 Å². The number of esters is 1. The summed E-state index contributed by atoms with van der Waals surface area (Å²) >= 11 is 0. The van der Waals surface area contributed by atoms with Crippen LogP contribution < -0.4 is 4.74 Å². The predicted molar refractivity (Wildman–Crippen MR) is 142 cm³/mol. The smallest absolute Gasteiger partial charge is 0.338 e. The van der Waals surface area contributed by atoms with Gasteiger partial charge in [-0.05, 0) is 41.0 Å². The summed E-state index contributed by atoms with van der Waals surface area (Å²) < 4.78 is 17.7. The molecule has 0 amide bonds. The highest BCUT2D eigenvalue weighted by Gasteiger charge is 2.37. The molecule has 4 aromatic rings. The Balaban J connectivity index is 1.57. The van der Waals surface area contributed by atoms with E-state index in [1.165, 1.54) is 0 Å². The topological polar surface area (TPSA) is 44.8 Å². The predicted octanol–water partition coefficient (Wildman–Crippen LogP) is 6.81. The molecule has 4 rings (SSSR count). The lowest BCUT2D eigenvalue weighted by Crippen LogP contribution is -2.34. The Morgan fingerprint density at radius 1 is 0.778 bits per heavy atom. The molecular formula is C32H30O4. The summed E-state index contributed by atoms with van der Waals surface area (Å²) in [4.78, 5) is 12.7. The second kappa shape index (κ2) is 12.0. The second-order valence-electron chi connectivity index (χ2n) is 8.32. The van der Waals surface area contributed by atoms with Crippen molar-refractivity contribution < 1.29 is 19.0 Å². The molecule has 4 aromatic carbocycles. The van der Waals surface area contributed by atoms with Crippen molar-refractivity contribution in [3.05, 3.63) is 150 Å². The molecule has 0 aromatic heterocycles. The molecule has 1 atom stereocenters. The first-order valence-electron chi connectivity index (χ1n) is 12.0. The summed E-state index contributed by atoms with van der Waals surface area (Å²) in [5, 5.41) is 0. The molecule has 182 valence electrons. The lowest BCUT2D eigenvalue weighted by Gasteiger charge is -2.36. The first-order chi connectivity index (χ1) is 17.7. The lowest BCUT2D eigenvalue weighted by molar-refractivity contribution is -0.00781. The Morgan fingerprint density at radius 2 is 1.25 bits per heavy atom. The van der Waals surface area contributed by atoms with Gasteiger partial charge in [0.05, 0.1) is 19.3 Å². The maximum Gasteiger partial charge on any atom is 0.338 e. The molecular weight excluding hydrogens is 448 g/mol. The van der Waals surface area contributed by atoms with Gasteiger partial charge in [0.15, 0.2) is 0 Å². The fourth-order valence-corrected chi connectivity index (χ4v) is 4.25. The molecule has 4 heteroatoms. The normalized spacial score (nSPS) is 11.9. The van der Waals surface area contributed by atoms with Crippen LogP contribution in [0.15, 0.2) is 128 Å². The van der Waals surface area contributed by atoms with Crippen molar-refractivity contribution in [3.63, 3.8) is 0 Å². The molecule has 0 aliphatic rings. The Labute approximate surface area is 212 Å². The number of methoxy groups -OCH3 is 1. The van der Waals surface area contributed by atoms with E-state index in [0.717, 1.165) is 16.7 Å². The van der Waals surface area contributed by atoms with E-state index in [2.05, 4.69) is 43.0 Å². The zero-order chi connectivity index (χ0) is 25.2. The third kappa shape index (κ3) is 5.56. The number of rotatable bonds is 11. The standard InChI is InChI=1S/C32H30O4/c1-3-29(36-31(33)25-19-21-30(34-2)22-20-25)23-24-35-32(26-13-7-4-8-14-26,27-15-9-5-10-16-27)28-17-11-6-12-18-28/h3-22,29H,1,23-24H2,2H3/t29-/m0/s1. The van der Waals surface area contributed by atoms with E-state index in [1.54, 1.807) is 37.5 Å². The van der Waals surface area contributed by atoms with Gasteiger partial charge >= 0.3 is 5.97 Å². The minimum absolute atomic E-state index is 0.339. The number of benzene rings is 4. The van der Waals surface area contributed by atoms with E-state index in [-0.39, 0.29) is 0 Å². The van der Waals surface area contributed by atoms with Crippen LogP contribution in [0.1, 0.15) is 33.5 Å². The summed E-state index contributed by atoms with van der Waals surface area (Å²) in [5.41, 5.74) is 2.69. The van der Waals surface area contributed by atoms with Gasteiger partial charge in [-0.25, -0.2) is 4.79 Å². The van der Waals surface area contributed by atoms with Crippen molar-refractivity contribution >= 4 is 5.97 Å². The Morgan fingerprint density at radius 3 is 1.67 bits per heavy atom. The van der Waals surface area contributed by atoms with E-state index in [1.807, 2.05) is 54.6 Å². The SMILES string of the molecule is C=C[C@@H](CCOC(c1ccccc1)(c1ccccc1)c1ccccc1)OC(=O)c1ccc(OC)cc1. The fourth-order valence-electron chi connectivity index (χ4n) is 4.25. The zero-order valence-electron chi connectivity index (χ0n) is 20.4. The first kappa shape index (κ1) is 25.0. The molecule has 0 unspecified atom stereocenters. The highest BCUT2D eigenvalue weighted by molar-refractivity contribution is 5.89. The van der Waals surface area contributed by atoms with Gasteiger partial charge in [0.25, 0.3) is 0 Å². The molecule has 0 fully saturated rings. The second-order valence-corrected chi connectivity index (χ2v) is 8.32. The van der Waals surface area contributed by atoms with Crippen LogP contribution in [0.3, 0.4) is 0 Å². The maximum atomic E-state index is 12.7. The number of carbonyl (C=O) groups is 1. The lowest BCUT2D eigenvalue weighted by atomic mass is 9.80. The summed E-state index contributed by atoms with van der Waals surface area (Å²) in [6.07, 6.45) is 1.60. The number of hydrogen-bond donors (Lipinski definition) is 0. The highest BCUT2D eigenvalue weighted by Crippen LogP contribution is 2.40. The summed E-state index contributed by atoms with van der Waals surface area (Å²) in [5.74, 6) is 0.266. The van der Waals surface area contributed by atoms with Gasteiger partial charge in [0.1, 0.15) is 17.5 Å². The first-order valence-corrected chi connectivity index (χ1v) is 12.0. The minimum Gasteiger partial charge on any atom is -0.497 e. The molecule has 0 aliphatic heterocycles. The van der Waals surface area contributed by atoms with E-state index < -0.39 is 17.7 Å². The van der Waals surface area contributed by atoms with Crippen molar-refractivity contribution in [2.75, 3.05) is 13.7 Å². The third-order valence-electron chi connectivity index (χ3n) is 6.11. The van der Waals surface area contributed by atoms with Gasteiger partial charge in [0.2, 0.25) is 0 Å². The molecule has 0 bridgehead atoms. The number of ether oxygens (including phenoxy) is 3. The van der Waals surface area contributed by atoms with E-state index in [9.17, 15) is 4.79 Å². The maximum absolute atomic E-state index is 12.7. The van der Waals surface area contributed by atoms with E-state index in [0.29, 0.717) is 24.3 Å². The van der Waals surface area contributed by atoms with Crippen LogP contribution in [0.4, 0.5) is 0 Å². The fraction of sp³-hybridized carbons (Fsp3) is 0.156. The van der Waals surface area contributed by atoms with Gasteiger partial charge in [-0.15, -0.1) is 0 Å². The van der Waals surface area contributed by atoms with Gasteiger partial charge in [-0.2, -0.15) is 0 Å². The van der Waals surface area contributed by atoms with Crippen molar-refractivity contribution in [2.45, 2.75) is 18.1 Å². The zero-order valence-corrected chi connectivity index (χ0v) is 20.4. The molecule has 0 aliphatic carbocycles. The monoisotopic (exact) mass is 478 g/mol. The molecule has 36 heavy (non-hydrogen) atoms. The van der Waals surface area contributed by atoms with Crippen LogP contribution in [-0.4, -0.2) is 25.8 Å². The summed E-state index contributed by atoms with van der Waals surface area (Å²) in [6.45, 7) is 4.21. The van der Waals surface area contributed by atoms with Crippen LogP contribution in [0.5, 0.6) is 5.75 Å². The third-order valence-corrected chi connectivity index (χ3v) is 6.11. The van der Waals surface area contributed by atoms with Crippen LogP contribution in [0, 0.1) is 0 Å². The van der Waals surface area contributed by atoms with Gasteiger partial charge in [0, 0.05) is 6.42 Å². The molecule has 4 nitrogen and oxygen atoms in total. The molecule has 0 spiro atoms. The summed E-state index contributed by atoms with van der Waals surface area (Å²) in [7, 11) is 1.58. The van der Waals surface area contributed by atoms with Crippen LogP contribution in [0.25, 0.3) is 0 Å². The van der Waals surface area contributed by atoms with Crippen molar-refractivity contribution in [2.24, 2.45) is 0 Å². The molecule has 0 heterocycles. The van der Waals surface area contributed by atoms with Crippen molar-refractivity contribution in [3.8, 4) is 5.75 Å². The Kier molecular flexibility index (Phi) is 8.32. The Bertz CT molecular complexity index is 1140. The average molecular weight is 479 g/mol. The highest BCUT2D eigenvalue weighted by atomic mass is 16.5. The summed E-state index contributed by atoms with van der Waals surface area (Å²) in [6, 6.07) is 37.4. The van der Waals surface area contributed by atoms with Crippen LogP contribution in [-0.2, 0) is 15.1 Å². The van der Waals surface area contributed by atoms with Crippen molar-refractivity contribution in [1.82, 2.24) is 0 Å². The molecule has 0 saturated heterocycles. The van der Waals surface area contributed by atoms with Crippen molar-refractivity contribution in [1.29, 1.82) is 0 Å². The Hall–Kier alpha value is -4.15. The average Bonchev–Trinajstić information content (AvgIpc) is 2.96. The molecule has 0 radical (unpaired) electrons. The number of hydrogen-bond acceptors (Lipinski definition) is 4. The number of carbonyl (C=O) groups excluding carboxylic acids is 1. The van der Waals surface area contributed by atoms with E-state index >= 15 is 0 Å². The molecule has 0 N–H and O–H groups in total. The van der Waals surface area contributed by atoms with Gasteiger partial charge in [-0.3, -0.25) is 0 Å². The van der Waals surface area contributed by atoms with E-state index in [4.69, 9.17) is 14.2 Å². The van der Waals surface area contributed by atoms with Gasteiger partial charge in [-0.1, -0.05) is 104 Å².